The molecule has 2 heterocycles. The predicted octanol–water partition coefficient (Wildman–Crippen LogP) is 0.349. The van der Waals surface area contributed by atoms with Gasteiger partial charge in [0.05, 0.1) is 5.75 Å². The summed E-state index contributed by atoms with van der Waals surface area (Å²) in [6, 6.07) is 0.339. The summed E-state index contributed by atoms with van der Waals surface area (Å²) in [6.45, 7) is 1.01. The molecule has 5 nitrogen and oxygen atoms in total. The molecule has 0 amide bonds. The minimum atomic E-state index is -3.19. The van der Waals surface area contributed by atoms with Gasteiger partial charge in [0.25, 0.3) is 0 Å². The van der Waals surface area contributed by atoms with Crippen LogP contribution in [0.3, 0.4) is 0 Å². The van der Waals surface area contributed by atoms with Gasteiger partial charge in [-0.05, 0) is 38.6 Å². The zero-order valence-electron chi connectivity index (χ0n) is 11.3. The van der Waals surface area contributed by atoms with E-state index in [0.29, 0.717) is 36.8 Å². The highest BCUT2D eigenvalue weighted by Crippen LogP contribution is 2.13. The molecule has 0 aromatic rings. The average molecular weight is 308 g/mol. The second-order valence-electron chi connectivity index (χ2n) is 5.49. The summed E-state index contributed by atoms with van der Waals surface area (Å²) in [7, 11) is -3.93. The molecule has 1 atom stereocenters. The van der Waals surface area contributed by atoms with Gasteiger partial charge in [0.2, 0.25) is 10.0 Å². The van der Waals surface area contributed by atoms with Crippen LogP contribution in [0.5, 0.6) is 0 Å². The predicted molar refractivity (Wildman–Crippen MR) is 78.1 cm³/mol. The largest absolute Gasteiger partial charge is 0.314 e. The van der Waals surface area contributed by atoms with E-state index in [4.69, 9.17) is 0 Å². The monoisotopic (exact) mass is 308 g/mol. The molecular formula is C12H24N2O3S2. The van der Waals surface area contributed by atoms with Gasteiger partial charge in [-0.1, -0.05) is 6.42 Å². The number of hydrogen-bond donors (Lipinski definition) is 2. The Morgan fingerprint density at radius 1 is 1.16 bits per heavy atom. The first-order valence-electron chi connectivity index (χ1n) is 7.13. The molecule has 0 aliphatic carbocycles. The Balaban J connectivity index is 1.73. The normalized spacial score (nSPS) is 33.2. The summed E-state index contributed by atoms with van der Waals surface area (Å²) in [5, 5.41) is 3.37. The van der Waals surface area contributed by atoms with Gasteiger partial charge in [0, 0.05) is 34.4 Å². The van der Waals surface area contributed by atoms with Crippen LogP contribution < -0.4 is 10.0 Å². The van der Waals surface area contributed by atoms with Crippen LogP contribution in [-0.2, 0) is 20.8 Å². The summed E-state index contributed by atoms with van der Waals surface area (Å²) in [6.07, 6.45) is 5.56. The number of piperidine rings is 1. The van der Waals surface area contributed by atoms with Crippen LogP contribution in [0.4, 0.5) is 0 Å². The van der Waals surface area contributed by atoms with Crippen LogP contribution >= 0.6 is 0 Å². The molecular weight excluding hydrogens is 284 g/mol. The van der Waals surface area contributed by atoms with Crippen LogP contribution in [0, 0.1) is 0 Å². The SMILES string of the molecule is O=S1CCC(NS(=O)(=O)CCC2CCCCN2)CC1. The van der Waals surface area contributed by atoms with Crippen LogP contribution in [0.1, 0.15) is 38.5 Å². The Labute approximate surface area is 118 Å². The van der Waals surface area contributed by atoms with Gasteiger partial charge < -0.3 is 5.32 Å². The molecule has 1 unspecified atom stereocenters. The van der Waals surface area contributed by atoms with Crippen LogP contribution in [0.15, 0.2) is 0 Å². The lowest BCUT2D eigenvalue weighted by Gasteiger charge is -2.25. The Bertz CT molecular complexity index is 395. The fraction of sp³-hybridized carbons (Fsp3) is 1.00. The molecule has 2 aliphatic heterocycles. The van der Waals surface area contributed by atoms with E-state index < -0.39 is 20.8 Å². The smallest absolute Gasteiger partial charge is 0.211 e. The van der Waals surface area contributed by atoms with Crippen molar-refractivity contribution >= 4 is 20.8 Å². The van der Waals surface area contributed by atoms with Crippen molar-refractivity contribution in [1.82, 2.24) is 10.0 Å². The van der Waals surface area contributed by atoms with Crippen molar-refractivity contribution in [1.29, 1.82) is 0 Å². The highest BCUT2D eigenvalue weighted by molar-refractivity contribution is 7.89. The molecule has 2 rings (SSSR count). The second-order valence-corrected chi connectivity index (χ2v) is 9.06. The Morgan fingerprint density at radius 2 is 1.89 bits per heavy atom. The summed E-state index contributed by atoms with van der Waals surface area (Å²) < 4.78 is 38.0. The third kappa shape index (κ3) is 5.49. The average Bonchev–Trinajstić information content (AvgIpc) is 2.40. The zero-order chi connectivity index (χ0) is 13.7. The van der Waals surface area contributed by atoms with E-state index in [0.717, 1.165) is 13.0 Å². The molecule has 2 N–H and O–H groups in total. The maximum Gasteiger partial charge on any atom is 0.211 e. The van der Waals surface area contributed by atoms with Crippen molar-refractivity contribution in [3.63, 3.8) is 0 Å². The summed E-state index contributed by atoms with van der Waals surface area (Å²) >= 11 is 0. The van der Waals surface area contributed by atoms with Crippen molar-refractivity contribution in [3.05, 3.63) is 0 Å². The minimum absolute atomic E-state index is 0.0120. The van der Waals surface area contributed by atoms with Crippen molar-refractivity contribution in [2.75, 3.05) is 23.8 Å². The molecule has 112 valence electrons. The molecule has 7 heteroatoms. The summed E-state index contributed by atoms with van der Waals surface area (Å²) in [4.78, 5) is 0. The highest BCUT2D eigenvalue weighted by Gasteiger charge is 2.23. The first kappa shape index (κ1) is 15.4. The number of rotatable bonds is 5. The molecule has 2 fully saturated rings. The van der Waals surface area contributed by atoms with Crippen LogP contribution in [0.2, 0.25) is 0 Å². The van der Waals surface area contributed by atoms with E-state index in [1.54, 1.807) is 0 Å². The minimum Gasteiger partial charge on any atom is -0.314 e. The molecule has 0 saturated carbocycles. The standard InChI is InChI=1S/C12H24N2O3S2/c15-18-8-4-12(5-9-18)14-19(16,17)10-6-11-3-1-2-7-13-11/h11-14H,1-10H2. The van der Waals surface area contributed by atoms with E-state index in [1.165, 1.54) is 12.8 Å². The van der Waals surface area contributed by atoms with Gasteiger partial charge in [0.1, 0.15) is 0 Å². The number of hydrogen-bond acceptors (Lipinski definition) is 4. The number of nitrogens with one attached hydrogen (secondary N) is 2. The maximum absolute atomic E-state index is 12.0. The maximum atomic E-state index is 12.0. The van der Waals surface area contributed by atoms with E-state index in [1.807, 2.05) is 0 Å². The number of sulfonamides is 1. The lowest BCUT2D eigenvalue weighted by atomic mass is 10.0. The van der Waals surface area contributed by atoms with Gasteiger partial charge in [0.15, 0.2) is 0 Å². The van der Waals surface area contributed by atoms with Gasteiger partial charge in [-0.15, -0.1) is 0 Å². The third-order valence-electron chi connectivity index (χ3n) is 3.88. The quantitative estimate of drug-likeness (QED) is 0.768. The van der Waals surface area contributed by atoms with E-state index in [2.05, 4.69) is 10.0 Å². The lowest BCUT2D eigenvalue weighted by Crippen LogP contribution is -2.42. The summed E-state index contributed by atoms with van der Waals surface area (Å²) in [5.41, 5.74) is 0. The molecule has 0 bridgehead atoms. The van der Waals surface area contributed by atoms with E-state index in [-0.39, 0.29) is 11.8 Å². The van der Waals surface area contributed by atoms with Crippen molar-refractivity contribution in [2.45, 2.75) is 50.6 Å². The van der Waals surface area contributed by atoms with Crippen LogP contribution in [-0.4, -0.2) is 48.5 Å². The molecule has 0 radical (unpaired) electrons. The molecule has 0 aromatic carbocycles. The van der Waals surface area contributed by atoms with E-state index in [9.17, 15) is 12.6 Å². The molecule has 2 aliphatic rings. The van der Waals surface area contributed by atoms with Gasteiger partial charge >= 0.3 is 0 Å². The van der Waals surface area contributed by atoms with Crippen molar-refractivity contribution in [2.24, 2.45) is 0 Å². The fourth-order valence-corrected chi connectivity index (χ4v) is 5.45. The van der Waals surface area contributed by atoms with Gasteiger partial charge in [-0.25, -0.2) is 13.1 Å². The molecule has 0 aromatic heterocycles. The lowest BCUT2D eigenvalue weighted by molar-refractivity contribution is 0.391. The Morgan fingerprint density at radius 3 is 2.53 bits per heavy atom. The topological polar surface area (TPSA) is 75.3 Å². The summed E-state index contributed by atoms with van der Waals surface area (Å²) in [5.74, 6) is 1.44. The first-order chi connectivity index (χ1) is 9.05. The van der Waals surface area contributed by atoms with Gasteiger partial charge in [-0.3, -0.25) is 4.21 Å². The Hall–Kier alpha value is 0.0200. The molecule has 19 heavy (non-hydrogen) atoms. The highest BCUT2D eigenvalue weighted by atomic mass is 32.2. The Kier molecular flexibility index (Phi) is 5.80. The molecule has 2 saturated heterocycles. The first-order valence-corrected chi connectivity index (χ1v) is 10.3. The second kappa shape index (κ2) is 7.15. The molecule has 0 spiro atoms. The van der Waals surface area contributed by atoms with Crippen molar-refractivity contribution in [3.8, 4) is 0 Å². The van der Waals surface area contributed by atoms with Crippen LogP contribution in [0.25, 0.3) is 0 Å². The van der Waals surface area contributed by atoms with E-state index >= 15 is 0 Å². The fourth-order valence-electron chi connectivity index (χ4n) is 2.69. The van der Waals surface area contributed by atoms with Gasteiger partial charge in [-0.2, -0.15) is 0 Å². The zero-order valence-corrected chi connectivity index (χ0v) is 12.9. The third-order valence-corrected chi connectivity index (χ3v) is 6.73. The van der Waals surface area contributed by atoms with Crippen molar-refractivity contribution < 1.29 is 12.6 Å².